The predicted octanol–water partition coefficient (Wildman–Crippen LogP) is 3.25. The SMILES string of the molecule is COC1(C(=O)O)CCCN(C(=O)C(C)CNC(=O)OCC2c3ccccc3-c3ccccc32)C1. The van der Waals surface area contributed by atoms with E-state index in [2.05, 4.69) is 29.6 Å². The van der Waals surface area contributed by atoms with E-state index in [0.29, 0.717) is 19.4 Å². The summed E-state index contributed by atoms with van der Waals surface area (Å²) in [7, 11) is 1.35. The summed E-state index contributed by atoms with van der Waals surface area (Å²) in [5, 5.41) is 12.2. The number of hydrogen-bond acceptors (Lipinski definition) is 5. The lowest BCUT2D eigenvalue weighted by Gasteiger charge is -2.39. The number of piperidine rings is 1. The topological polar surface area (TPSA) is 105 Å². The third-order valence-corrected chi connectivity index (χ3v) is 6.86. The van der Waals surface area contributed by atoms with E-state index < -0.39 is 23.6 Å². The van der Waals surface area contributed by atoms with Gasteiger partial charge in [0.05, 0.1) is 12.5 Å². The second kappa shape index (κ2) is 9.85. The average molecular weight is 467 g/mol. The van der Waals surface area contributed by atoms with Crippen molar-refractivity contribution in [1.29, 1.82) is 0 Å². The third kappa shape index (κ3) is 4.50. The first-order valence-corrected chi connectivity index (χ1v) is 11.5. The van der Waals surface area contributed by atoms with Crippen molar-refractivity contribution in [3.05, 3.63) is 59.7 Å². The number of hydrogen-bond donors (Lipinski definition) is 2. The van der Waals surface area contributed by atoms with Gasteiger partial charge in [-0.25, -0.2) is 9.59 Å². The standard InChI is InChI=1S/C26H30N2O6/c1-17(23(29)28-13-7-12-26(16-28,33-2)24(30)31)14-27-25(32)34-15-22-20-10-5-3-8-18(20)19-9-4-6-11-21(19)22/h3-6,8-11,17,22H,7,12-16H2,1-2H3,(H,27,32)(H,30,31). The number of nitrogens with zero attached hydrogens (tertiary/aromatic N) is 1. The van der Waals surface area contributed by atoms with Crippen LogP contribution in [-0.2, 0) is 19.1 Å². The molecule has 0 saturated carbocycles. The number of carbonyl (C=O) groups excluding carboxylic acids is 2. The van der Waals surface area contributed by atoms with E-state index in [4.69, 9.17) is 9.47 Å². The molecule has 1 aliphatic carbocycles. The summed E-state index contributed by atoms with van der Waals surface area (Å²) < 4.78 is 10.8. The van der Waals surface area contributed by atoms with E-state index in [-0.39, 0.29) is 31.5 Å². The maximum atomic E-state index is 12.9. The number of alkyl carbamates (subject to hydrolysis) is 1. The molecule has 2 unspecified atom stereocenters. The van der Waals surface area contributed by atoms with Gasteiger partial charge in [0.2, 0.25) is 5.91 Å². The molecule has 2 aromatic carbocycles. The molecule has 8 heteroatoms. The van der Waals surface area contributed by atoms with Crippen molar-refractivity contribution in [2.45, 2.75) is 31.3 Å². The van der Waals surface area contributed by atoms with E-state index in [0.717, 1.165) is 22.3 Å². The number of aliphatic carboxylic acids is 1. The van der Waals surface area contributed by atoms with E-state index in [9.17, 15) is 19.5 Å². The molecule has 4 rings (SSSR count). The number of rotatable bonds is 7. The lowest BCUT2D eigenvalue weighted by molar-refractivity contribution is -0.171. The zero-order chi connectivity index (χ0) is 24.3. The van der Waals surface area contributed by atoms with Crippen LogP contribution in [0.3, 0.4) is 0 Å². The summed E-state index contributed by atoms with van der Waals surface area (Å²) in [4.78, 5) is 38.4. The molecule has 2 N–H and O–H groups in total. The Bertz CT molecular complexity index is 1040. The van der Waals surface area contributed by atoms with Crippen molar-refractivity contribution in [3.63, 3.8) is 0 Å². The summed E-state index contributed by atoms with van der Waals surface area (Å²) in [6.45, 7) is 2.46. The molecule has 0 bridgehead atoms. The Morgan fingerprint density at radius 2 is 1.74 bits per heavy atom. The van der Waals surface area contributed by atoms with Gasteiger partial charge < -0.3 is 24.8 Å². The number of carboxylic acid groups (broad SMARTS) is 1. The van der Waals surface area contributed by atoms with Crippen molar-refractivity contribution in [3.8, 4) is 11.1 Å². The molecule has 1 saturated heterocycles. The summed E-state index contributed by atoms with van der Waals surface area (Å²) in [6.07, 6.45) is 0.310. The van der Waals surface area contributed by atoms with Gasteiger partial charge in [-0.2, -0.15) is 0 Å². The molecule has 1 fully saturated rings. The summed E-state index contributed by atoms with van der Waals surface area (Å²) in [5.41, 5.74) is 3.19. The summed E-state index contributed by atoms with van der Waals surface area (Å²) in [6, 6.07) is 16.2. The molecule has 1 heterocycles. The van der Waals surface area contributed by atoms with Crippen LogP contribution in [0.1, 0.15) is 36.8 Å². The fraction of sp³-hybridized carbons (Fsp3) is 0.423. The van der Waals surface area contributed by atoms with Gasteiger partial charge in [0.25, 0.3) is 0 Å². The Kier molecular flexibility index (Phi) is 6.88. The van der Waals surface area contributed by atoms with E-state index in [1.54, 1.807) is 6.92 Å². The lowest BCUT2D eigenvalue weighted by Crippen LogP contribution is -2.57. The normalized spacial score (nSPS) is 20.2. The molecule has 180 valence electrons. The Labute approximate surface area is 198 Å². The molecule has 2 amide bonds. The summed E-state index contributed by atoms with van der Waals surface area (Å²) in [5.74, 6) is -1.86. The first-order valence-electron chi connectivity index (χ1n) is 11.5. The second-order valence-electron chi connectivity index (χ2n) is 8.97. The summed E-state index contributed by atoms with van der Waals surface area (Å²) >= 11 is 0. The van der Waals surface area contributed by atoms with Crippen LogP contribution in [-0.4, -0.2) is 66.9 Å². The minimum atomic E-state index is -1.38. The van der Waals surface area contributed by atoms with Crippen molar-refractivity contribution in [1.82, 2.24) is 10.2 Å². The Morgan fingerprint density at radius 3 is 2.32 bits per heavy atom. The highest BCUT2D eigenvalue weighted by Gasteiger charge is 2.44. The van der Waals surface area contributed by atoms with Gasteiger partial charge >= 0.3 is 12.1 Å². The predicted molar refractivity (Wildman–Crippen MR) is 125 cm³/mol. The van der Waals surface area contributed by atoms with Gasteiger partial charge in [-0.3, -0.25) is 4.79 Å². The molecule has 0 spiro atoms. The van der Waals surface area contributed by atoms with Crippen LogP contribution in [0, 0.1) is 5.92 Å². The Hall–Kier alpha value is -3.39. The lowest BCUT2D eigenvalue weighted by atomic mass is 9.92. The monoisotopic (exact) mass is 466 g/mol. The Morgan fingerprint density at radius 1 is 1.12 bits per heavy atom. The van der Waals surface area contributed by atoms with Gasteiger partial charge in [0, 0.05) is 26.1 Å². The van der Waals surface area contributed by atoms with Crippen molar-refractivity contribution in [2.24, 2.45) is 5.92 Å². The number of likely N-dealkylation sites (tertiary alicyclic amines) is 1. The van der Waals surface area contributed by atoms with Crippen LogP contribution >= 0.6 is 0 Å². The molecule has 34 heavy (non-hydrogen) atoms. The van der Waals surface area contributed by atoms with Crippen LogP contribution in [0.15, 0.2) is 48.5 Å². The second-order valence-corrected chi connectivity index (χ2v) is 8.97. The van der Waals surface area contributed by atoms with Gasteiger partial charge in [-0.05, 0) is 35.1 Å². The fourth-order valence-corrected chi connectivity index (χ4v) is 4.92. The fourth-order valence-electron chi connectivity index (χ4n) is 4.92. The molecule has 2 aliphatic rings. The maximum absolute atomic E-state index is 12.9. The zero-order valence-corrected chi connectivity index (χ0v) is 19.5. The molecule has 0 radical (unpaired) electrons. The van der Waals surface area contributed by atoms with Gasteiger partial charge in [-0.15, -0.1) is 0 Å². The molecule has 2 atom stereocenters. The molecular formula is C26H30N2O6. The van der Waals surface area contributed by atoms with E-state index >= 15 is 0 Å². The number of nitrogens with one attached hydrogen (secondary N) is 1. The maximum Gasteiger partial charge on any atom is 0.407 e. The zero-order valence-electron chi connectivity index (χ0n) is 19.5. The Balaban J connectivity index is 1.31. The molecule has 2 aromatic rings. The quantitative estimate of drug-likeness (QED) is 0.649. The average Bonchev–Trinajstić information content (AvgIpc) is 3.19. The van der Waals surface area contributed by atoms with Crippen LogP contribution in [0.2, 0.25) is 0 Å². The smallest absolute Gasteiger partial charge is 0.407 e. The highest BCUT2D eigenvalue weighted by molar-refractivity contribution is 5.83. The molecular weight excluding hydrogens is 436 g/mol. The third-order valence-electron chi connectivity index (χ3n) is 6.86. The highest BCUT2D eigenvalue weighted by atomic mass is 16.5. The van der Waals surface area contributed by atoms with Crippen molar-refractivity contribution in [2.75, 3.05) is 33.4 Å². The highest BCUT2D eigenvalue weighted by Crippen LogP contribution is 2.44. The van der Waals surface area contributed by atoms with Crippen LogP contribution in [0.4, 0.5) is 4.79 Å². The number of ether oxygens (including phenoxy) is 2. The largest absolute Gasteiger partial charge is 0.479 e. The van der Waals surface area contributed by atoms with Crippen LogP contribution in [0.5, 0.6) is 0 Å². The molecule has 8 nitrogen and oxygen atoms in total. The van der Waals surface area contributed by atoms with Gasteiger partial charge in [0.15, 0.2) is 5.60 Å². The number of carbonyl (C=O) groups is 3. The first kappa shape index (κ1) is 23.8. The molecule has 1 aliphatic heterocycles. The van der Waals surface area contributed by atoms with Gasteiger partial charge in [-0.1, -0.05) is 55.5 Å². The van der Waals surface area contributed by atoms with E-state index in [1.807, 2.05) is 24.3 Å². The number of fused-ring (bicyclic) bond motifs is 3. The number of benzene rings is 2. The minimum absolute atomic E-state index is 0.00699. The first-order chi connectivity index (χ1) is 16.4. The van der Waals surface area contributed by atoms with Crippen molar-refractivity contribution >= 4 is 18.0 Å². The van der Waals surface area contributed by atoms with Gasteiger partial charge in [0.1, 0.15) is 6.61 Å². The van der Waals surface area contributed by atoms with Crippen molar-refractivity contribution < 1.29 is 29.0 Å². The van der Waals surface area contributed by atoms with Crippen LogP contribution < -0.4 is 5.32 Å². The number of amides is 2. The molecule has 0 aromatic heterocycles. The van der Waals surface area contributed by atoms with E-state index in [1.165, 1.54) is 12.0 Å². The minimum Gasteiger partial charge on any atom is -0.479 e. The number of carboxylic acids is 1. The van der Waals surface area contributed by atoms with Crippen LogP contribution in [0.25, 0.3) is 11.1 Å². The number of methoxy groups -OCH3 is 1.